The second-order valence-corrected chi connectivity index (χ2v) is 6.93. The molecular formula is C20H18ClN3O2. The van der Waals surface area contributed by atoms with Crippen LogP contribution in [0.25, 0.3) is 11.4 Å². The smallest absolute Gasteiger partial charge is 0.254 e. The van der Waals surface area contributed by atoms with Crippen LogP contribution in [0.2, 0.25) is 5.02 Å². The van der Waals surface area contributed by atoms with E-state index in [1.807, 2.05) is 31.2 Å². The highest BCUT2D eigenvalue weighted by Crippen LogP contribution is 2.33. The summed E-state index contributed by atoms with van der Waals surface area (Å²) in [5.41, 5.74) is 2.61. The van der Waals surface area contributed by atoms with Crippen molar-refractivity contribution in [1.29, 1.82) is 0 Å². The first-order chi connectivity index (χ1) is 12.6. The van der Waals surface area contributed by atoms with E-state index in [0.29, 0.717) is 28.8 Å². The van der Waals surface area contributed by atoms with Crippen molar-refractivity contribution in [3.8, 4) is 11.4 Å². The zero-order valence-electron chi connectivity index (χ0n) is 14.4. The monoisotopic (exact) mass is 367 g/mol. The minimum absolute atomic E-state index is 0.0645. The number of nitrogens with zero attached hydrogens (tertiary/aromatic N) is 3. The molecule has 0 saturated carbocycles. The molecule has 6 heteroatoms. The molecule has 4 rings (SSSR count). The van der Waals surface area contributed by atoms with E-state index in [-0.39, 0.29) is 11.9 Å². The highest BCUT2D eigenvalue weighted by molar-refractivity contribution is 6.30. The summed E-state index contributed by atoms with van der Waals surface area (Å²) in [5.74, 6) is 0.963. The van der Waals surface area contributed by atoms with Crippen LogP contribution in [-0.2, 0) is 0 Å². The Kier molecular flexibility index (Phi) is 4.47. The van der Waals surface area contributed by atoms with Crippen LogP contribution in [0.5, 0.6) is 0 Å². The normalized spacial score (nSPS) is 16.8. The van der Waals surface area contributed by atoms with E-state index >= 15 is 0 Å². The third kappa shape index (κ3) is 3.22. The molecule has 0 unspecified atom stereocenters. The molecule has 1 aromatic heterocycles. The van der Waals surface area contributed by atoms with Gasteiger partial charge in [0.25, 0.3) is 5.91 Å². The number of aryl methyl sites for hydroxylation is 1. The van der Waals surface area contributed by atoms with Gasteiger partial charge in [0.05, 0.1) is 0 Å². The van der Waals surface area contributed by atoms with Crippen molar-refractivity contribution in [2.24, 2.45) is 0 Å². The number of amides is 1. The summed E-state index contributed by atoms with van der Waals surface area (Å²) in [4.78, 5) is 19.2. The van der Waals surface area contributed by atoms with Crippen LogP contribution >= 0.6 is 11.6 Å². The molecule has 2 heterocycles. The lowest BCUT2D eigenvalue weighted by molar-refractivity contribution is 0.0710. The Morgan fingerprint density at radius 1 is 1.23 bits per heavy atom. The Balaban J connectivity index is 1.60. The van der Waals surface area contributed by atoms with Crippen LogP contribution in [0, 0.1) is 6.92 Å². The second kappa shape index (κ2) is 6.92. The van der Waals surface area contributed by atoms with Crippen LogP contribution in [-0.4, -0.2) is 27.5 Å². The zero-order chi connectivity index (χ0) is 18.1. The van der Waals surface area contributed by atoms with E-state index in [0.717, 1.165) is 24.0 Å². The molecule has 0 aliphatic carbocycles. The topological polar surface area (TPSA) is 59.2 Å². The molecule has 0 N–H and O–H groups in total. The maximum atomic E-state index is 12.9. The molecule has 1 saturated heterocycles. The van der Waals surface area contributed by atoms with Crippen LogP contribution in [0.15, 0.2) is 53.1 Å². The van der Waals surface area contributed by atoms with E-state index in [1.54, 1.807) is 29.2 Å². The molecule has 1 atom stereocenters. The summed E-state index contributed by atoms with van der Waals surface area (Å²) in [7, 11) is 0. The van der Waals surface area contributed by atoms with E-state index < -0.39 is 0 Å². The van der Waals surface area contributed by atoms with Gasteiger partial charge in [-0.1, -0.05) is 46.6 Å². The van der Waals surface area contributed by atoms with Crippen molar-refractivity contribution in [3.05, 3.63) is 70.6 Å². The maximum Gasteiger partial charge on any atom is 0.254 e. The number of halogens is 1. The van der Waals surface area contributed by atoms with Gasteiger partial charge in [0.1, 0.15) is 6.04 Å². The van der Waals surface area contributed by atoms with Crippen molar-refractivity contribution in [1.82, 2.24) is 15.0 Å². The summed E-state index contributed by atoms with van der Waals surface area (Å²) in [6.07, 6.45) is 1.71. The lowest BCUT2D eigenvalue weighted by Crippen LogP contribution is -2.30. The summed E-state index contributed by atoms with van der Waals surface area (Å²) >= 11 is 6.02. The maximum absolute atomic E-state index is 12.9. The highest BCUT2D eigenvalue weighted by atomic mass is 35.5. The number of aromatic nitrogens is 2. The van der Waals surface area contributed by atoms with Crippen LogP contribution in [0.3, 0.4) is 0 Å². The summed E-state index contributed by atoms with van der Waals surface area (Å²) in [6.45, 7) is 2.69. The van der Waals surface area contributed by atoms with Gasteiger partial charge >= 0.3 is 0 Å². The number of carbonyl (C=O) groups is 1. The largest absolute Gasteiger partial charge is 0.337 e. The Morgan fingerprint density at radius 2 is 2.08 bits per heavy atom. The first-order valence-electron chi connectivity index (χ1n) is 8.59. The van der Waals surface area contributed by atoms with Gasteiger partial charge in [-0.2, -0.15) is 4.98 Å². The summed E-state index contributed by atoms with van der Waals surface area (Å²) in [6, 6.07) is 14.7. The van der Waals surface area contributed by atoms with Crippen molar-refractivity contribution in [2.45, 2.75) is 25.8 Å². The fourth-order valence-corrected chi connectivity index (χ4v) is 3.52. The van der Waals surface area contributed by atoms with Gasteiger partial charge < -0.3 is 9.42 Å². The SMILES string of the molecule is Cc1cccc(-c2noc([C@@H]3CCCN3C(=O)c3cccc(Cl)c3)n2)c1. The molecule has 0 radical (unpaired) electrons. The summed E-state index contributed by atoms with van der Waals surface area (Å²) < 4.78 is 5.50. The number of hydrogen-bond acceptors (Lipinski definition) is 4. The number of likely N-dealkylation sites (tertiary alicyclic amines) is 1. The average molecular weight is 368 g/mol. The highest BCUT2D eigenvalue weighted by Gasteiger charge is 2.34. The molecule has 1 fully saturated rings. The molecule has 0 bridgehead atoms. The van der Waals surface area contributed by atoms with Gasteiger partial charge in [-0.05, 0) is 44.0 Å². The van der Waals surface area contributed by atoms with Gasteiger partial charge in [0, 0.05) is 22.7 Å². The average Bonchev–Trinajstić information content (AvgIpc) is 3.30. The van der Waals surface area contributed by atoms with E-state index in [4.69, 9.17) is 16.1 Å². The van der Waals surface area contributed by atoms with Crippen LogP contribution in [0.1, 0.15) is 40.7 Å². The lowest BCUT2D eigenvalue weighted by atomic mass is 10.1. The molecule has 1 amide bonds. The van der Waals surface area contributed by atoms with Crippen molar-refractivity contribution < 1.29 is 9.32 Å². The first kappa shape index (κ1) is 16.8. The van der Waals surface area contributed by atoms with E-state index in [2.05, 4.69) is 10.1 Å². The molecule has 26 heavy (non-hydrogen) atoms. The molecule has 0 spiro atoms. The van der Waals surface area contributed by atoms with Gasteiger partial charge in [-0.3, -0.25) is 4.79 Å². The molecular weight excluding hydrogens is 350 g/mol. The molecule has 5 nitrogen and oxygen atoms in total. The predicted molar refractivity (Wildman–Crippen MR) is 98.9 cm³/mol. The second-order valence-electron chi connectivity index (χ2n) is 6.49. The summed E-state index contributed by atoms with van der Waals surface area (Å²) in [5, 5.41) is 4.65. The zero-order valence-corrected chi connectivity index (χ0v) is 15.1. The first-order valence-corrected chi connectivity index (χ1v) is 8.97. The fourth-order valence-electron chi connectivity index (χ4n) is 3.33. The Morgan fingerprint density at radius 3 is 2.88 bits per heavy atom. The Hall–Kier alpha value is -2.66. The lowest BCUT2D eigenvalue weighted by Gasteiger charge is -2.22. The molecule has 1 aliphatic rings. The minimum Gasteiger partial charge on any atom is -0.337 e. The third-order valence-corrected chi connectivity index (χ3v) is 4.82. The van der Waals surface area contributed by atoms with Crippen molar-refractivity contribution in [2.75, 3.05) is 6.54 Å². The van der Waals surface area contributed by atoms with Gasteiger partial charge in [0.15, 0.2) is 0 Å². The van der Waals surface area contributed by atoms with Crippen LogP contribution < -0.4 is 0 Å². The number of rotatable bonds is 3. The van der Waals surface area contributed by atoms with E-state index in [1.165, 1.54) is 0 Å². The number of hydrogen-bond donors (Lipinski definition) is 0. The molecule has 1 aliphatic heterocycles. The molecule has 3 aromatic rings. The minimum atomic E-state index is -0.201. The van der Waals surface area contributed by atoms with Gasteiger partial charge in [-0.25, -0.2) is 0 Å². The molecule has 2 aromatic carbocycles. The Labute approximate surface area is 156 Å². The van der Waals surface area contributed by atoms with Gasteiger partial charge in [0.2, 0.25) is 11.7 Å². The molecule has 132 valence electrons. The fraction of sp³-hybridized carbons (Fsp3) is 0.250. The number of carbonyl (C=O) groups excluding carboxylic acids is 1. The van der Waals surface area contributed by atoms with Gasteiger partial charge in [-0.15, -0.1) is 0 Å². The van der Waals surface area contributed by atoms with Crippen molar-refractivity contribution in [3.63, 3.8) is 0 Å². The standard InChI is InChI=1S/C20H18ClN3O2/c1-13-5-2-6-14(11-13)18-22-19(26-23-18)17-9-4-10-24(17)20(25)15-7-3-8-16(21)12-15/h2-3,5-8,11-12,17H,4,9-10H2,1H3/t17-/m0/s1. The van der Waals surface area contributed by atoms with E-state index in [9.17, 15) is 4.79 Å². The third-order valence-electron chi connectivity index (χ3n) is 4.59. The predicted octanol–water partition coefficient (Wildman–Crippen LogP) is 4.68. The van der Waals surface area contributed by atoms with Crippen molar-refractivity contribution >= 4 is 17.5 Å². The number of benzene rings is 2. The quantitative estimate of drug-likeness (QED) is 0.674. The Bertz CT molecular complexity index is 953. The van der Waals surface area contributed by atoms with Crippen LogP contribution in [0.4, 0.5) is 0 Å².